The van der Waals surface area contributed by atoms with Crippen molar-refractivity contribution < 1.29 is 21.4 Å². The quantitative estimate of drug-likeness (QED) is 0.435. The van der Waals surface area contributed by atoms with E-state index in [0.29, 0.717) is 0 Å². The maximum absolute atomic E-state index is 12.4. The van der Waals surface area contributed by atoms with Gasteiger partial charge in [0, 0.05) is 0 Å². The molecule has 0 amide bonds. The number of rotatable bonds is 0. The summed E-state index contributed by atoms with van der Waals surface area (Å²) in [6.07, 6.45) is 0. The van der Waals surface area contributed by atoms with E-state index in [1.165, 1.54) is 6.07 Å². The van der Waals surface area contributed by atoms with E-state index >= 15 is 0 Å². The zero-order valence-corrected chi connectivity index (χ0v) is 8.70. The van der Waals surface area contributed by atoms with Gasteiger partial charge in [-0.25, -0.2) is 0 Å². The Balaban J connectivity index is 0.000000810. The Labute approximate surface area is 83.0 Å². The summed E-state index contributed by atoms with van der Waals surface area (Å²) < 4.78 is 13.4. The second kappa shape index (κ2) is 4.31. The summed E-state index contributed by atoms with van der Waals surface area (Å²) in [7, 11) is 0. The van der Waals surface area contributed by atoms with Crippen LogP contribution < -0.4 is 20.7 Å². The molecule has 0 spiro atoms. The number of benzene rings is 1. The van der Waals surface area contributed by atoms with E-state index in [0.717, 1.165) is 9.26 Å². The van der Waals surface area contributed by atoms with Crippen LogP contribution >= 0.6 is 0 Å². The van der Waals surface area contributed by atoms with Gasteiger partial charge in [-0.3, -0.25) is 0 Å². The fourth-order valence-electron chi connectivity index (χ4n) is 0.640. The van der Waals surface area contributed by atoms with E-state index in [2.05, 4.69) is 0 Å². The van der Waals surface area contributed by atoms with Gasteiger partial charge < -0.3 is 17.0 Å². The number of hydrogen-bond donors (Lipinski definition) is 0. The van der Waals surface area contributed by atoms with Crippen LogP contribution in [0.4, 0.5) is 4.39 Å². The molecule has 0 saturated heterocycles. The van der Waals surface area contributed by atoms with Gasteiger partial charge in [0.1, 0.15) is 0 Å². The van der Waals surface area contributed by atoms with Crippen LogP contribution in [0.2, 0.25) is 0 Å². The Morgan fingerprint density at radius 3 is 2.40 bits per heavy atom. The smallest absolute Gasteiger partial charge is 1.00 e. The topological polar surface area (TPSA) is 0 Å². The van der Waals surface area contributed by atoms with E-state index in [9.17, 15) is 4.39 Å². The predicted molar refractivity (Wildman–Crippen MR) is 36.5 cm³/mol. The Morgan fingerprint density at radius 2 is 2.00 bits per heavy atom. The monoisotopic (exact) mass is 212 g/mol. The van der Waals surface area contributed by atoms with Gasteiger partial charge in [0.15, 0.2) is 0 Å². The second-order valence-corrected chi connectivity index (χ2v) is 2.83. The molecule has 0 atom stereocenters. The van der Waals surface area contributed by atoms with Gasteiger partial charge in [-0.2, -0.15) is 0 Å². The molecule has 10 heavy (non-hydrogen) atoms. The summed E-state index contributed by atoms with van der Waals surface area (Å²) >= 11 is 1.71. The molecule has 3 heteroatoms. The fourth-order valence-corrected chi connectivity index (χ4v) is 0.953. The van der Waals surface area contributed by atoms with Gasteiger partial charge in [-0.15, -0.1) is 0 Å². The first-order chi connectivity index (χ1) is 4.20. The van der Waals surface area contributed by atoms with Crippen molar-refractivity contribution in [3.05, 3.63) is 29.6 Å². The largest absolute Gasteiger partial charge is 1.00 e. The number of hydrogen-bond acceptors (Lipinski definition) is 0. The van der Waals surface area contributed by atoms with E-state index in [4.69, 9.17) is 0 Å². The van der Waals surface area contributed by atoms with Gasteiger partial charge in [-0.1, -0.05) is 0 Å². The molecule has 1 aromatic rings. The summed E-state index contributed by atoms with van der Waals surface area (Å²) in [5.74, 6) is -0.148. The minimum absolute atomic E-state index is 0. The number of aryl methyl sites for hydroxylation is 1. The van der Waals surface area contributed by atoms with Crippen LogP contribution in [-0.2, 0) is 0 Å². The molecule has 0 unspecified atom stereocenters. The molecule has 0 nitrogen and oxygen atoms in total. The third-order valence-electron chi connectivity index (χ3n) is 1.31. The molecule has 0 aliphatic heterocycles. The first-order valence-electron chi connectivity index (χ1n) is 2.78. The molecule has 1 aromatic carbocycles. The molecule has 1 rings (SSSR count). The van der Waals surface area contributed by atoms with Crippen molar-refractivity contribution in [1.82, 2.24) is 0 Å². The summed E-state index contributed by atoms with van der Waals surface area (Å²) in [5.41, 5.74) is 1.15. The van der Waals surface area contributed by atoms with Crippen LogP contribution in [0.3, 0.4) is 0 Å². The van der Waals surface area contributed by atoms with Crippen LogP contribution in [0.15, 0.2) is 18.2 Å². The molecule has 0 radical (unpaired) electrons. The second-order valence-electron chi connectivity index (χ2n) is 2.07. The van der Waals surface area contributed by atoms with Crippen LogP contribution in [0, 0.1) is 12.7 Å². The third-order valence-corrected chi connectivity index (χ3v) is 2.07. The molecular formula is C7H6BrFMg. The molecule has 0 aliphatic rings. The van der Waals surface area contributed by atoms with Gasteiger partial charge in [0.2, 0.25) is 0 Å². The summed E-state index contributed by atoms with van der Waals surface area (Å²) in [6, 6.07) is 4.82. The zero-order valence-electron chi connectivity index (χ0n) is 5.70. The third kappa shape index (κ3) is 2.56. The number of halogens is 2. The summed E-state index contributed by atoms with van der Waals surface area (Å²) in [6.45, 7) is 1.97. The van der Waals surface area contributed by atoms with E-state index in [1.807, 2.05) is 6.92 Å². The summed E-state index contributed by atoms with van der Waals surface area (Å²) in [4.78, 5) is 0. The molecule has 50 valence electrons. The van der Waals surface area contributed by atoms with Gasteiger partial charge in [-0.05, 0) is 0 Å². The first kappa shape index (κ1) is 10.4. The molecule has 0 heterocycles. The molecular weight excluding hydrogens is 207 g/mol. The Bertz CT molecular complexity index is 225. The normalized spacial score (nSPS) is 8.80. The van der Waals surface area contributed by atoms with Crippen LogP contribution in [0.25, 0.3) is 0 Å². The van der Waals surface area contributed by atoms with Crippen molar-refractivity contribution in [2.24, 2.45) is 0 Å². The average Bonchev–Trinajstić information content (AvgIpc) is 1.80. The van der Waals surface area contributed by atoms with Crippen molar-refractivity contribution in [2.75, 3.05) is 0 Å². The van der Waals surface area contributed by atoms with E-state index < -0.39 is 0 Å². The Kier molecular flexibility index (Phi) is 4.48. The Hall–Kier alpha value is 0.396. The van der Waals surface area contributed by atoms with Crippen molar-refractivity contribution in [3.8, 4) is 0 Å². The SMILES string of the molecule is Cc1ccc(F)c[c]1[Mg+].[Br-]. The zero-order chi connectivity index (χ0) is 6.85. The molecule has 0 fully saturated rings. The van der Waals surface area contributed by atoms with Crippen molar-refractivity contribution in [2.45, 2.75) is 6.92 Å². The van der Waals surface area contributed by atoms with Gasteiger partial charge in [0.05, 0.1) is 0 Å². The van der Waals surface area contributed by atoms with Crippen molar-refractivity contribution in [1.29, 1.82) is 0 Å². The van der Waals surface area contributed by atoms with Crippen molar-refractivity contribution >= 4 is 25.4 Å². The molecule has 0 aliphatic carbocycles. The standard InChI is InChI=1S/C7H6F.BrH.Mg/c1-6-2-4-7(8)5-3-6;;/h2,4-5H,1H3;1H;/q;;+1/p-1. The predicted octanol–water partition coefficient (Wildman–Crippen LogP) is -2.07. The minimum atomic E-state index is -0.148. The van der Waals surface area contributed by atoms with Crippen LogP contribution in [-0.4, -0.2) is 21.7 Å². The van der Waals surface area contributed by atoms with Crippen LogP contribution in [0.1, 0.15) is 5.56 Å². The maximum Gasteiger partial charge on any atom is -1.00 e. The summed E-state index contributed by atoms with van der Waals surface area (Å²) in [5, 5.41) is 0. The average molecular weight is 213 g/mol. The molecule has 0 N–H and O–H groups in total. The van der Waals surface area contributed by atoms with Crippen molar-refractivity contribution in [3.63, 3.8) is 0 Å². The maximum atomic E-state index is 12.4. The molecule has 0 saturated carbocycles. The van der Waals surface area contributed by atoms with Gasteiger partial charge >= 0.3 is 66.3 Å². The Morgan fingerprint density at radius 1 is 1.40 bits per heavy atom. The fraction of sp³-hybridized carbons (Fsp3) is 0.143. The molecule has 0 bridgehead atoms. The van der Waals surface area contributed by atoms with E-state index in [1.54, 1.807) is 33.8 Å². The van der Waals surface area contributed by atoms with E-state index in [-0.39, 0.29) is 22.8 Å². The van der Waals surface area contributed by atoms with Gasteiger partial charge in [0.25, 0.3) is 0 Å². The molecule has 0 aromatic heterocycles. The first-order valence-corrected chi connectivity index (χ1v) is 3.49. The minimum Gasteiger partial charge on any atom is -1.00 e. The van der Waals surface area contributed by atoms with Crippen LogP contribution in [0.5, 0.6) is 0 Å².